The van der Waals surface area contributed by atoms with Crippen LogP contribution >= 0.6 is 23.4 Å². The van der Waals surface area contributed by atoms with Gasteiger partial charge in [0.15, 0.2) is 0 Å². The first-order valence-electron chi connectivity index (χ1n) is 11.8. The van der Waals surface area contributed by atoms with Crippen molar-refractivity contribution < 1.29 is 13.2 Å². The van der Waals surface area contributed by atoms with E-state index in [-0.39, 0.29) is 16.5 Å². The van der Waals surface area contributed by atoms with Gasteiger partial charge in [0.2, 0.25) is 15.9 Å². The monoisotopic (exact) mass is 487 g/mol. The van der Waals surface area contributed by atoms with Crippen LogP contribution in [0.15, 0.2) is 11.1 Å². The van der Waals surface area contributed by atoms with Gasteiger partial charge in [0.25, 0.3) is 0 Å². The SMILES string of the molecule is CC1NC2CCC(S(=O)(=O)N3CC4=C(CN(C(=O)CC5CCC(Cl)CC5)C4)C3)CC2S1. The van der Waals surface area contributed by atoms with E-state index in [0.29, 0.717) is 55.2 Å². The molecule has 31 heavy (non-hydrogen) atoms. The molecule has 4 atom stereocenters. The zero-order chi connectivity index (χ0) is 21.8. The molecular weight excluding hydrogens is 454 g/mol. The van der Waals surface area contributed by atoms with E-state index in [1.165, 1.54) is 0 Å². The van der Waals surface area contributed by atoms with Gasteiger partial charge >= 0.3 is 0 Å². The maximum atomic E-state index is 13.4. The molecule has 1 amide bonds. The molecule has 2 saturated carbocycles. The molecule has 5 rings (SSSR count). The minimum absolute atomic E-state index is 0.222. The zero-order valence-corrected chi connectivity index (χ0v) is 20.7. The lowest BCUT2D eigenvalue weighted by Crippen LogP contribution is -2.46. The highest BCUT2D eigenvalue weighted by atomic mass is 35.5. The van der Waals surface area contributed by atoms with Crippen LogP contribution in [0.4, 0.5) is 0 Å². The summed E-state index contributed by atoms with van der Waals surface area (Å²) in [4.78, 5) is 14.7. The highest BCUT2D eigenvalue weighted by Gasteiger charge is 2.45. The van der Waals surface area contributed by atoms with Crippen molar-refractivity contribution in [3.8, 4) is 0 Å². The molecule has 4 unspecified atom stereocenters. The smallest absolute Gasteiger partial charge is 0.223 e. The summed E-state index contributed by atoms with van der Waals surface area (Å²) in [5.74, 6) is 0.677. The van der Waals surface area contributed by atoms with Gasteiger partial charge in [0.1, 0.15) is 0 Å². The molecule has 1 saturated heterocycles. The van der Waals surface area contributed by atoms with Crippen LogP contribution in [0, 0.1) is 5.92 Å². The van der Waals surface area contributed by atoms with Gasteiger partial charge in [0.05, 0.1) is 10.6 Å². The van der Waals surface area contributed by atoms with Gasteiger partial charge < -0.3 is 10.2 Å². The summed E-state index contributed by atoms with van der Waals surface area (Å²) < 4.78 is 28.4. The van der Waals surface area contributed by atoms with Crippen LogP contribution < -0.4 is 5.32 Å². The van der Waals surface area contributed by atoms with Crippen molar-refractivity contribution in [3.63, 3.8) is 0 Å². The second-order valence-electron chi connectivity index (χ2n) is 10.1. The van der Waals surface area contributed by atoms with Crippen molar-refractivity contribution in [1.82, 2.24) is 14.5 Å². The average molecular weight is 488 g/mol. The van der Waals surface area contributed by atoms with Gasteiger partial charge in [-0.2, -0.15) is 4.31 Å². The van der Waals surface area contributed by atoms with Crippen molar-refractivity contribution in [1.29, 1.82) is 0 Å². The molecule has 3 aliphatic heterocycles. The number of nitrogens with one attached hydrogen (secondary N) is 1. The van der Waals surface area contributed by atoms with E-state index in [2.05, 4.69) is 12.2 Å². The van der Waals surface area contributed by atoms with Crippen molar-refractivity contribution in [2.45, 2.75) is 85.6 Å². The number of alkyl halides is 1. The largest absolute Gasteiger partial charge is 0.335 e. The lowest BCUT2D eigenvalue weighted by Gasteiger charge is -2.33. The van der Waals surface area contributed by atoms with Gasteiger partial charge in [-0.05, 0) is 68.9 Å². The van der Waals surface area contributed by atoms with E-state index < -0.39 is 10.0 Å². The van der Waals surface area contributed by atoms with Crippen LogP contribution in [-0.2, 0) is 14.8 Å². The Morgan fingerprint density at radius 1 is 1.06 bits per heavy atom. The first-order chi connectivity index (χ1) is 14.8. The summed E-state index contributed by atoms with van der Waals surface area (Å²) >= 11 is 8.08. The average Bonchev–Trinajstić information content (AvgIpc) is 3.41. The van der Waals surface area contributed by atoms with E-state index >= 15 is 0 Å². The number of nitrogens with zero attached hydrogens (tertiary/aromatic N) is 2. The molecule has 2 aliphatic carbocycles. The number of carbonyl (C=O) groups is 1. The Hall–Kier alpha value is -0.280. The highest BCUT2D eigenvalue weighted by molar-refractivity contribution is 8.00. The second-order valence-corrected chi connectivity index (χ2v) is 14.5. The number of fused-ring (bicyclic) bond motifs is 1. The van der Waals surface area contributed by atoms with Crippen molar-refractivity contribution in [3.05, 3.63) is 11.1 Å². The van der Waals surface area contributed by atoms with Gasteiger partial charge in [0, 0.05) is 49.3 Å². The first-order valence-corrected chi connectivity index (χ1v) is 14.7. The number of halogens is 1. The van der Waals surface area contributed by atoms with Gasteiger partial charge in [-0.3, -0.25) is 4.79 Å². The number of amides is 1. The standard InChI is InChI=1S/C22H34ClN3O3S2/c1-14-24-20-7-6-19(9-21(20)30-14)31(28,29)26-12-16-10-25(11-17(16)13-26)22(27)8-15-2-4-18(23)5-3-15/h14-15,18-21,24H,2-13H2,1H3. The maximum Gasteiger partial charge on any atom is 0.223 e. The van der Waals surface area contributed by atoms with Crippen LogP contribution in [0.2, 0.25) is 0 Å². The number of sulfonamides is 1. The third kappa shape index (κ3) is 4.57. The summed E-state index contributed by atoms with van der Waals surface area (Å²) in [6.45, 7) is 4.34. The van der Waals surface area contributed by atoms with Crippen LogP contribution in [0.3, 0.4) is 0 Å². The molecule has 3 heterocycles. The van der Waals surface area contributed by atoms with Crippen LogP contribution in [0.1, 0.15) is 58.3 Å². The molecule has 0 aromatic heterocycles. The predicted octanol–water partition coefficient (Wildman–Crippen LogP) is 2.93. The Morgan fingerprint density at radius 2 is 1.74 bits per heavy atom. The Balaban J connectivity index is 1.13. The van der Waals surface area contributed by atoms with Gasteiger partial charge in [-0.25, -0.2) is 8.42 Å². The molecule has 0 aromatic rings. The number of rotatable bonds is 4. The predicted molar refractivity (Wildman–Crippen MR) is 126 cm³/mol. The fourth-order valence-corrected chi connectivity index (χ4v) is 10.00. The molecule has 1 N–H and O–H groups in total. The van der Waals surface area contributed by atoms with Crippen molar-refractivity contribution in [2.75, 3.05) is 26.2 Å². The van der Waals surface area contributed by atoms with Crippen LogP contribution in [-0.4, -0.2) is 77.0 Å². The van der Waals surface area contributed by atoms with Gasteiger partial charge in [-0.1, -0.05) is 0 Å². The lowest BCUT2D eigenvalue weighted by molar-refractivity contribution is -0.131. The van der Waals surface area contributed by atoms with Crippen LogP contribution in [0.5, 0.6) is 0 Å². The number of thioether (sulfide) groups is 1. The molecule has 0 spiro atoms. The van der Waals surface area contributed by atoms with Crippen molar-refractivity contribution >= 4 is 39.3 Å². The summed E-state index contributed by atoms with van der Waals surface area (Å²) in [7, 11) is -3.29. The lowest BCUT2D eigenvalue weighted by atomic mass is 9.86. The van der Waals surface area contributed by atoms with E-state index in [4.69, 9.17) is 11.6 Å². The van der Waals surface area contributed by atoms with E-state index in [1.807, 2.05) is 16.7 Å². The Bertz CT molecular complexity index is 838. The maximum absolute atomic E-state index is 13.4. The molecular formula is C22H34ClN3O3S2. The third-order valence-corrected chi connectivity index (χ3v) is 12.0. The topological polar surface area (TPSA) is 69.7 Å². The molecule has 9 heteroatoms. The molecule has 174 valence electrons. The molecule has 0 bridgehead atoms. The van der Waals surface area contributed by atoms with E-state index in [0.717, 1.165) is 56.1 Å². The minimum atomic E-state index is -3.29. The summed E-state index contributed by atoms with van der Waals surface area (Å²) in [6, 6.07) is 0.465. The molecule has 6 nitrogen and oxygen atoms in total. The first kappa shape index (κ1) is 22.5. The molecule has 0 radical (unpaired) electrons. The summed E-state index contributed by atoms with van der Waals surface area (Å²) in [5.41, 5.74) is 2.31. The molecule has 0 aromatic carbocycles. The summed E-state index contributed by atoms with van der Waals surface area (Å²) in [6.07, 6.45) is 7.17. The molecule has 3 fully saturated rings. The normalized spacial score (nSPS) is 39.1. The Morgan fingerprint density at radius 3 is 2.42 bits per heavy atom. The second kappa shape index (κ2) is 8.82. The Labute approximate surface area is 195 Å². The zero-order valence-electron chi connectivity index (χ0n) is 18.3. The van der Waals surface area contributed by atoms with Crippen molar-refractivity contribution in [2.24, 2.45) is 5.92 Å². The fraction of sp³-hybridized carbons (Fsp3) is 0.864. The van der Waals surface area contributed by atoms with Gasteiger partial charge in [-0.15, -0.1) is 23.4 Å². The number of hydrogen-bond donors (Lipinski definition) is 1. The van der Waals surface area contributed by atoms with Crippen LogP contribution in [0.25, 0.3) is 0 Å². The number of hydrogen-bond acceptors (Lipinski definition) is 5. The van der Waals surface area contributed by atoms with E-state index in [9.17, 15) is 13.2 Å². The fourth-order valence-electron chi connectivity index (χ4n) is 6.12. The number of carbonyl (C=O) groups excluding carboxylic acids is 1. The molecule has 5 aliphatic rings. The Kier molecular flexibility index (Phi) is 6.40. The highest BCUT2D eigenvalue weighted by Crippen LogP contribution is 2.40. The van der Waals surface area contributed by atoms with E-state index in [1.54, 1.807) is 4.31 Å². The summed E-state index contributed by atoms with van der Waals surface area (Å²) in [5, 5.41) is 4.42. The minimum Gasteiger partial charge on any atom is -0.335 e. The quantitative estimate of drug-likeness (QED) is 0.487. The third-order valence-electron chi connectivity index (χ3n) is 7.94.